The van der Waals surface area contributed by atoms with Crippen LogP contribution in [0.2, 0.25) is 0 Å². The van der Waals surface area contributed by atoms with Crippen LogP contribution in [-0.2, 0) is 0 Å². The number of amidine groups is 1. The van der Waals surface area contributed by atoms with Gasteiger partial charge in [-0.25, -0.2) is 0 Å². The molecule has 22 heavy (non-hydrogen) atoms. The molecule has 1 aliphatic rings. The Morgan fingerprint density at radius 2 is 1.32 bits per heavy atom. The second-order valence-corrected chi connectivity index (χ2v) is 5.30. The zero-order valence-corrected chi connectivity index (χ0v) is 12.1. The van der Waals surface area contributed by atoms with E-state index in [1.807, 2.05) is 0 Å². The molecule has 0 aromatic carbocycles. The van der Waals surface area contributed by atoms with Crippen LogP contribution < -0.4 is 0 Å². The molecule has 1 rings (SSSR count). The number of aliphatic imine (C=N–C) groups is 1. The zero-order chi connectivity index (χ0) is 17.7. The van der Waals surface area contributed by atoms with Gasteiger partial charge in [-0.1, -0.05) is 0 Å². The number of allylic oxidation sites excluding steroid dienone is 1. The van der Waals surface area contributed by atoms with Crippen LogP contribution in [0.5, 0.6) is 0 Å². The first kappa shape index (κ1) is 18.7. The van der Waals surface area contributed by atoms with Crippen molar-refractivity contribution in [3.8, 4) is 0 Å². The van der Waals surface area contributed by atoms with Crippen molar-refractivity contribution in [3.63, 3.8) is 0 Å². The van der Waals surface area contributed by atoms with Gasteiger partial charge < -0.3 is 4.90 Å². The molecule has 0 unspecified atom stereocenters. The van der Waals surface area contributed by atoms with Crippen molar-refractivity contribution in [1.29, 1.82) is 0 Å². The molecule has 0 N–H and O–H groups in total. The van der Waals surface area contributed by atoms with Crippen molar-refractivity contribution in [2.75, 3.05) is 0 Å². The zero-order valence-electron chi connectivity index (χ0n) is 12.1. The predicted molar refractivity (Wildman–Crippen MR) is 63.6 cm³/mol. The Morgan fingerprint density at radius 1 is 0.864 bits per heavy atom. The van der Waals surface area contributed by atoms with Crippen LogP contribution in [0.4, 0.5) is 35.1 Å². The first-order valence-electron chi connectivity index (χ1n) is 6.26. The number of rotatable bonds is 3. The van der Waals surface area contributed by atoms with E-state index in [0.29, 0.717) is 0 Å². The summed E-state index contributed by atoms with van der Waals surface area (Å²) >= 11 is 0. The fourth-order valence-corrected chi connectivity index (χ4v) is 1.98. The van der Waals surface area contributed by atoms with Crippen LogP contribution in [-0.4, -0.2) is 41.1 Å². The molecule has 0 atom stereocenters. The topological polar surface area (TPSA) is 15.6 Å². The van der Waals surface area contributed by atoms with Crippen LogP contribution >= 0.6 is 0 Å². The van der Waals surface area contributed by atoms with Gasteiger partial charge >= 0.3 is 18.3 Å². The summed E-state index contributed by atoms with van der Waals surface area (Å²) in [5, 5.41) is 0. The van der Waals surface area contributed by atoms with Gasteiger partial charge in [-0.05, 0) is 27.7 Å². The molecule has 0 radical (unpaired) electrons. The summed E-state index contributed by atoms with van der Waals surface area (Å²) in [5.41, 5.74) is -4.11. The molecule has 0 saturated heterocycles. The van der Waals surface area contributed by atoms with Gasteiger partial charge in [0.1, 0.15) is 17.1 Å². The fourth-order valence-electron chi connectivity index (χ4n) is 1.98. The van der Waals surface area contributed by atoms with Gasteiger partial charge in [0, 0.05) is 12.1 Å². The normalized spacial score (nSPS) is 19.5. The summed E-state index contributed by atoms with van der Waals surface area (Å²) in [6, 6.07) is -1.73. The van der Waals surface area contributed by atoms with E-state index >= 15 is 0 Å². The Bertz CT molecular complexity index is 496. The van der Waals surface area contributed by atoms with Crippen molar-refractivity contribution in [2.24, 2.45) is 4.99 Å². The SMILES string of the molecule is CC(C)N=C1C(C(F)(F)F)=C(C(F)(F)C(F)(F)F)N1C(C)C. The minimum atomic E-state index is -6.13. The third-order valence-electron chi connectivity index (χ3n) is 2.76. The highest BCUT2D eigenvalue weighted by Gasteiger charge is 2.69. The molecule has 10 heteroatoms. The van der Waals surface area contributed by atoms with Gasteiger partial charge in [-0.15, -0.1) is 0 Å². The van der Waals surface area contributed by atoms with E-state index < -0.39 is 47.5 Å². The minimum absolute atomic E-state index is 0.288. The number of nitrogens with zero attached hydrogens (tertiary/aromatic N) is 2. The Labute approximate surface area is 121 Å². The maximum atomic E-state index is 13.5. The van der Waals surface area contributed by atoms with Crippen molar-refractivity contribution < 1.29 is 35.1 Å². The standard InChI is InChI=1S/C12H14F8N2/c1-5(2)21-9-7(11(15,16)17)8(22(9)6(3)4)10(13,14)12(18,19)20/h5-6H,1-4H3. The number of hydrogen-bond donors (Lipinski definition) is 0. The van der Waals surface area contributed by atoms with Gasteiger partial charge in [-0.2, -0.15) is 35.1 Å². The quantitative estimate of drug-likeness (QED) is 0.690. The maximum absolute atomic E-state index is 13.5. The minimum Gasteiger partial charge on any atom is -0.321 e. The van der Waals surface area contributed by atoms with Crippen LogP contribution in [0.1, 0.15) is 27.7 Å². The summed E-state index contributed by atoms with van der Waals surface area (Å²) in [4.78, 5) is 3.83. The molecule has 0 saturated carbocycles. The Balaban J connectivity index is 3.64. The number of hydrogen-bond acceptors (Lipinski definition) is 1. The van der Waals surface area contributed by atoms with Gasteiger partial charge in [0.05, 0.1) is 0 Å². The molecule has 0 aromatic rings. The molecule has 0 amide bonds. The number of halogens is 8. The highest BCUT2D eigenvalue weighted by molar-refractivity contribution is 6.08. The first-order valence-corrected chi connectivity index (χ1v) is 6.26. The van der Waals surface area contributed by atoms with Crippen LogP contribution in [0.15, 0.2) is 16.3 Å². The molecule has 1 aliphatic heterocycles. The molecule has 0 spiro atoms. The average molecular weight is 338 g/mol. The predicted octanol–water partition coefficient (Wildman–Crippen LogP) is 4.53. The van der Waals surface area contributed by atoms with Gasteiger partial charge in [0.25, 0.3) is 0 Å². The molecule has 1 heterocycles. The Hall–Kier alpha value is -1.35. The molecule has 0 aromatic heterocycles. The van der Waals surface area contributed by atoms with E-state index in [2.05, 4.69) is 4.99 Å². The molecule has 2 nitrogen and oxygen atoms in total. The largest absolute Gasteiger partial charge is 0.459 e. The van der Waals surface area contributed by atoms with Crippen molar-refractivity contribution in [3.05, 3.63) is 11.3 Å². The van der Waals surface area contributed by atoms with Crippen LogP contribution in [0, 0.1) is 0 Å². The summed E-state index contributed by atoms with van der Waals surface area (Å²) < 4.78 is 103. The highest BCUT2D eigenvalue weighted by atomic mass is 19.4. The molecule has 0 fully saturated rings. The lowest BCUT2D eigenvalue weighted by Crippen LogP contribution is -2.59. The summed E-state index contributed by atoms with van der Waals surface area (Å²) in [6.07, 6.45) is -11.5. The second kappa shape index (κ2) is 5.38. The van der Waals surface area contributed by atoms with E-state index in [9.17, 15) is 35.1 Å². The average Bonchev–Trinajstić information content (AvgIpc) is 2.18. The molecular formula is C12H14F8N2. The van der Waals surface area contributed by atoms with Crippen LogP contribution in [0.3, 0.4) is 0 Å². The Kier molecular flexibility index (Phi) is 4.57. The number of alkyl halides is 8. The van der Waals surface area contributed by atoms with Crippen molar-refractivity contribution >= 4 is 5.84 Å². The third kappa shape index (κ3) is 3.05. The summed E-state index contributed by atoms with van der Waals surface area (Å²) in [6.45, 7) is 5.18. The van der Waals surface area contributed by atoms with Gasteiger partial charge in [0.2, 0.25) is 0 Å². The van der Waals surface area contributed by atoms with Crippen LogP contribution in [0.25, 0.3) is 0 Å². The lowest BCUT2D eigenvalue weighted by atomic mass is 9.93. The second-order valence-electron chi connectivity index (χ2n) is 5.30. The molecule has 0 aliphatic carbocycles. The first-order chi connectivity index (χ1) is 9.62. The Morgan fingerprint density at radius 3 is 1.59 bits per heavy atom. The van der Waals surface area contributed by atoms with Gasteiger partial charge in [-0.3, -0.25) is 4.99 Å². The van der Waals surface area contributed by atoms with Crippen molar-refractivity contribution in [1.82, 2.24) is 4.90 Å². The highest BCUT2D eigenvalue weighted by Crippen LogP contribution is 2.52. The summed E-state index contributed by atoms with van der Waals surface area (Å²) in [5.74, 6) is -6.51. The maximum Gasteiger partial charge on any atom is 0.459 e. The molecular weight excluding hydrogens is 324 g/mol. The lowest BCUT2D eigenvalue weighted by molar-refractivity contribution is -0.272. The summed E-state index contributed by atoms with van der Waals surface area (Å²) in [7, 11) is 0. The van der Waals surface area contributed by atoms with Crippen molar-refractivity contribution in [2.45, 2.75) is 58.1 Å². The van der Waals surface area contributed by atoms with Gasteiger partial charge in [0.15, 0.2) is 0 Å². The smallest absolute Gasteiger partial charge is 0.321 e. The molecule has 0 bridgehead atoms. The van der Waals surface area contributed by atoms with E-state index in [1.165, 1.54) is 27.7 Å². The van der Waals surface area contributed by atoms with E-state index in [-0.39, 0.29) is 4.90 Å². The monoisotopic (exact) mass is 338 g/mol. The lowest BCUT2D eigenvalue weighted by Gasteiger charge is -2.46. The third-order valence-corrected chi connectivity index (χ3v) is 2.76. The fraction of sp³-hybridized carbons (Fsp3) is 0.750. The van der Waals surface area contributed by atoms with E-state index in [0.717, 1.165) is 0 Å². The van der Waals surface area contributed by atoms with E-state index in [1.54, 1.807) is 0 Å². The van der Waals surface area contributed by atoms with E-state index in [4.69, 9.17) is 0 Å². The molecule has 128 valence electrons.